The predicted molar refractivity (Wildman–Crippen MR) is 70.1 cm³/mol. The van der Waals surface area contributed by atoms with Gasteiger partial charge in [-0.1, -0.05) is 18.2 Å². The van der Waals surface area contributed by atoms with Crippen molar-refractivity contribution in [1.29, 1.82) is 0 Å². The van der Waals surface area contributed by atoms with Crippen LogP contribution in [0.1, 0.15) is 25.7 Å². The van der Waals surface area contributed by atoms with E-state index in [-0.39, 0.29) is 16.9 Å². The summed E-state index contributed by atoms with van der Waals surface area (Å²) in [6.45, 7) is 0. The number of benzene rings is 1. The van der Waals surface area contributed by atoms with Gasteiger partial charge in [0.25, 0.3) is 0 Å². The Morgan fingerprint density at radius 1 is 1.11 bits per heavy atom. The first-order chi connectivity index (χ1) is 8.99. The lowest BCUT2D eigenvalue weighted by atomic mass is 9.87. The van der Waals surface area contributed by atoms with Gasteiger partial charge in [0.15, 0.2) is 0 Å². The zero-order valence-corrected chi connectivity index (χ0v) is 11.3. The van der Waals surface area contributed by atoms with Crippen LogP contribution in [0.15, 0.2) is 35.2 Å². The molecule has 6 heteroatoms. The molecule has 0 aromatic heterocycles. The summed E-state index contributed by atoms with van der Waals surface area (Å²) in [5.74, 6) is -1.12. The van der Waals surface area contributed by atoms with Crippen molar-refractivity contribution in [3.05, 3.63) is 30.3 Å². The molecule has 0 saturated heterocycles. The Hall–Kier alpha value is -1.40. The predicted octanol–water partition coefficient (Wildman–Crippen LogP) is 1.61. The smallest absolute Gasteiger partial charge is 0.306 e. The second kappa shape index (κ2) is 5.71. The second-order valence-corrected chi connectivity index (χ2v) is 6.54. The van der Waals surface area contributed by atoms with E-state index >= 15 is 0 Å². The van der Waals surface area contributed by atoms with Crippen LogP contribution in [0.25, 0.3) is 0 Å². The van der Waals surface area contributed by atoms with Gasteiger partial charge in [0.05, 0.1) is 10.8 Å². The van der Waals surface area contributed by atoms with Crippen molar-refractivity contribution in [2.75, 3.05) is 0 Å². The quantitative estimate of drug-likeness (QED) is 0.879. The first-order valence-electron chi connectivity index (χ1n) is 6.29. The van der Waals surface area contributed by atoms with E-state index in [2.05, 4.69) is 4.72 Å². The minimum Gasteiger partial charge on any atom is -0.481 e. The van der Waals surface area contributed by atoms with Gasteiger partial charge in [-0.2, -0.15) is 0 Å². The van der Waals surface area contributed by atoms with Crippen molar-refractivity contribution in [3.8, 4) is 0 Å². The van der Waals surface area contributed by atoms with E-state index in [4.69, 9.17) is 5.11 Å². The molecule has 1 saturated carbocycles. The summed E-state index contributed by atoms with van der Waals surface area (Å²) in [5, 5.41) is 8.90. The van der Waals surface area contributed by atoms with Crippen molar-refractivity contribution in [2.45, 2.75) is 36.6 Å². The number of carboxylic acids is 1. The molecule has 1 aromatic carbocycles. The SMILES string of the molecule is O=C(O)[C@H]1CC[C@H](NS(=O)(=O)c2ccccc2)CC1. The number of hydrogen-bond donors (Lipinski definition) is 2. The number of sulfonamides is 1. The average Bonchev–Trinajstić information content (AvgIpc) is 2.40. The number of hydrogen-bond acceptors (Lipinski definition) is 3. The molecule has 0 unspecified atom stereocenters. The minimum atomic E-state index is -3.50. The van der Waals surface area contributed by atoms with E-state index in [1.165, 1.54) is 0 Å². The third-order valence-corrected chi connectivity index (χ3v) is 4.99. The molecule has 2 rings (SSSR count). The van der Waals surface area contributed by atoms with E-state index < -0.39 is 16.0 Å². The summed E-state index contributed by atoms with van der Waals surface area (Å²) in [4.78, 5) is 11.1. The number of rotatable bonds is 4. The molecular formula is C13H17NO4S. The van der Waals surface area contributed by atoms with Crippen LogP contribution in [0.4, 0.5) is 0 Å². The molecule has 0 heterocycles. The van der Waals surface area contributed by atoms with Gasteiger partial charge in [-0.15, -0.1) is 0 Å². The summed E-state index contributed by atoms with van der Waals surface area (Å²) >= 11 is 0. The van der Waals surface area contributed by atoms with Crippen molar-refractivity contribution in [1.82, 2.24) is 4.72 Å². The molecule has 1 fully saturated rings. The topological polar surface area (TPSA) is 83.5 Å². The molecule has 1 aromatic rings. The standard InChI is InChI=1S/C13H17NO4S/c15-13(16)10-6-8-11(9-7-10)14-19(17,18)12-4-2-1-3-5-12/h1-5,10-11,14H,6-9H2,(H,15,16)/t10-,11-. The molecule has 0 amide bonds. The van der Waals surface area contributed by atoms with Crippen molar-refractivity contribution < 1.29 is 18.3 Å². The lowest BCUT2D eigenvalue weighted by Crippen LogP contribution is -2.38. The van der Waals surface area contributed by atoms with Crippen LogP contribution in [0.5, 0.6) is 0 Å². The first kappa shape index (κ1) is 14.0. The van der Waals surface area contributed by atoms with Crippen LogP contribution in [-0.2, 0) is 14.8 Å². The van der Waals surface area contributed by atoms with Gasteiger partial charge in [0, 0.05) is 6.04 Å². The van der Waals surface area contributed by atoms with E-state index in [1.54, 1.807) is 30.3 Å². The molecule has 0 radical (unpaired) electrons. The normalized spacial score (nSPS) is 24.0. The van der Waals surface area contributed by atoms with Crippen LogP contribution >= 0.6 is 0 Å². The Morgan fingerprint density at radius 3 is 2.21 bits per heavy atom. The van der Waals surface area contributed by atoms with Crippen molar-refractivity contribution in [2.24, 2.45) is 5.92 Å². The highest BCUT2D eigenvalue weighted by Gasteiger charge is 2.28. The summed E-state index contributed by atoms with van der Waals surface area (Å²) < 4.78 is 26.8. The molecule has 0 bridgehead atoms. The molecule has 2 N–H and O–H groups in total. The molecule has 0 aliphatic heterocycles. The summed E-state index contributed by atoms with van der Waals surface area (Å²) in [5.41, 5.74) is 0. The maximum Gasteiger partial charge on any atom is 0.306 e. The minimum absolute atomic E-state index is 0.166. The van der Waals surface area contributed by atoms with Crippen molar-refractivity contribution >= 4 is 16.0 Å². The van der Waals surface area contributed by atoms with Crippen LogP contribution in [0.2, 0.25) is 0 Å². The maximum absolute atomic E-state index is 12.1. The number of carboxylic acid groups (broad SMARTS) is 1. The Balaban J connectivity index is 1.98. The molecule has 1 aliphatic rings. The van der Waals surface area contributed by atoms with Gasteiger partial charge < -0.3 is 5.11 Å². The van der Waals surface area contributed by atoms with E-state index in [0.717, 1.165) is 0 Å². The zero-order valence-electron chi connectivity index (χ0n) is 10.5. The number of carbonyl (C=O) groups is 1. The van der Waals surface area contributed by atoms with Gasteiger partial charge in [0.1, 0.15) is 0 Å². The van der Waals surface area contributed by atoms with E-state index in [0.29, 0.717) is 25.7 Å². The highest BCUT2D eigenvalue weighted by atomic mass is 32.2. The van der Waals surface area contributed by atoms with Gasteiger partial charge >= 0.3 is 5.97 Å². The first-order valence-corrected chi connectivity index (χ1v) is 7.77. The Bertz CT molecular complexity index is 533. The van der Waals surface area contributed by atoms with Gasteiger partial charge in [-0.3, -0.25) is 4.79 Å². The summed E-state index contributed by atoms with van der Waals surface area (Å²) in [7, 11) is -3.50. The fraction of sp³-hybridized carbons (Fsp3) is 0.462. The Morgan fingerprint density at radius 2 is 1.68 bits per heavy atom. The molecular weight excluding hydrogens is 266 g/mol. The molecule has 0 spiro atoms. The fourth-order valence-corrected chi connectivity index (χ4v) is 3.67. The molecule has 5 nitrogen and oxygen atoms in total. The molecule has 104 valence electrons. The summed E-state index contributed by atoms with van der Waals surface area (Å²) in [6, 6.07) is 8.04. The van der Waals surface area contributed by atoms with E-state index in [9.17, 15) is 13.2 Å². The molecule has 1 aliphatic carbocycles. The summed E-state index contributed by atoms with van der Waals surface area (Å²) in [6.07, 6.45) is 2.20. The Labute approximate surface area is 112 Å². The van der Waals surface area contributed by atoms with Crippen molar-refractivity contribution in [3.63, 3.8) is 0 Å². The monoisotopic (exact) mass is 283 g/mol. The van der Waals surface area contributed by atoms with Gasteiger partial charge in [0.2, 0.25) is 10.0 Å². The second-order valence-electron chi connectivity index (χ2n) is 4.82. The Kier molecular flexibility index (Phi) is 4.21. The molecule has 0 atom stereocenters. The van der Waals surface area contributed by atoms with Crippen LogP contribution < -0.4 is 4.72 Å². The lowest BCUT2D eigenvalue weighted by Gasteiger charge is -2.26. The fourth-order valence-electron chi connectivity index (χ4n) is 2.35. The van der Waals surface area contributed by atoms with Crippen LogP contribution in [-0.4, -0.2) is 25.5 Å². The van der Waals surface area contributed by atoms with E-state index in [1.807, 2.05) is 0 Å². The number of nitrogens with one attached hydrogen (secondary N) is 1. The molecule has 19 heavy (non-hydrogen) atoms. The van der Waals surface area contributed by atoms with Gasteiger partial charge in [-0.05, 0) is 37.8 Å². The highest BCUT2D eigenvalue weighted by Crippen LogP contribution is 2.25. The number of aliphatic carboxylic acids is 1. The van der Waals surface area contributed by atoms with Gasteiger partial charge in [-0.25, -0.2) is 13.1 Å². The zero-order chi connectivity index (χ0) is 13.9. The van der Waals surface area contributed by atoms with Crippen LogP contribution in [0, 0.1) is 5.92 Å². The lowest BCUT2D eigenvalue weighted by molar-refractivity contribution is -0.142. The maximum atomic E-state index is 12.1. The van der Waals surface area contributed by atoms with Crippen LogP contribution in [0.3, 0.4) is 0 Å². The highest BCUT2D eigenvalue weighted by molar-refractivity contribution is 7.89. The third-order valence-electron chi connectivity index (χ3n) is 3.45. The third kappa shape index (κ3) is 3.54. The largest absolute Gasteiger partial charge is 0.481 e. The average molecular weight is 283 g/mol.